The van der Waals surface area contributed by atoms with Gasteiger partial charge in [0.25, 0.3) is 0 Å². The largest absolute Gasteiger partial charge is 0.383 e. The lowest BCUT2D eigenvalue weighted by atomic mass is 9.99. The van der Waals surface area contributed by atoms with Crippen molar-refractivity contribution in [3.8, 4) is 0 Å². The van der Waals surface area contributed by atoms with Crippen LogP contribution in [0.1, 0.15) is 34.8 Å². The molecular formula is C12H17N3OS. The number of carbonyl (C=O) groups is 1. The minimum absolute atomic E-state index is 0.439. The van der Waals surface area contributed by atoms with Crippen molar-refractivity contribution in [2.75, 3.05) is 17.2 Å². The molecule has 0 bridgehead atoms. The third-order valence-corrected chi connectivity index (χ3v) is 5.50. The second-order valence-corrected chi connectivity index (χ2v) is 6.23. The van der Waals surface area contributed by atoms with Crippen molar-refractivity contribution >= 4 is 23.9 Å². The molecule has 0 radical (unpaired) electrons. The molecule has 1 aromatic heterocycles. The highest BCUT2D eigenvalue weighted by molar-refractivity contribution is 7.99. The highest BCUT2D eigenvalue weighted by Gasteiger charge is 2.40. The summed E-state index contributed by atoms with van der Waals surface area (Å²) >= 11 is 2.06. The number of carbonyl (C=O) groups excluding carboxylic acids is 1. The molecule has 1 aliphatic heterocycles. The molecule has 3 rings (SSSR count). The molecule has 5 heteroatoms. The number of fused-ring (bicyclic) bond motifs is 1. The number of hydrogen-bond donors (Lipinski definition) is 1. The standard InChI is InChI=1S/C12H17N3OS/c1-15-12(13)10(4-16)11(14-15)7-2-8-5-17-6-9(8)3-7/h4,7-9H,2-3,5-6,13H2,1H3. The number of rotatable bonds is 2. The molecule has 4 nitrogen and oxygen atoms in total. The van der Waals surface area contributed by atoms with Crippen LogP contribution >= 0.6 is 11.8 Å². The first kappa shape index (κ1) is 11.1. The number of nitrogens with zero attached hydrogens (tertiary/aromatic N) is 2. The molecule has 0 aromatic carbocycles. The Kier molecular flexibility index (Phi) is 2.65. The predicted octanol–water partition coefficient (Wildman–Crippen LogP) is 1.67. The zero-order valence-electron chi connectivity index (χ0n) is 9.93. The fourth-order valence-corrected chi connectivity index (χ4v) is 4.77. The fourth-order valence-electron chi connectivity index (χ4n) is 3.21. The van der Waals surface area contributed by atoms with Gasteiger partial charge in [-0.2, -0.15) is 16.9 Å². The molecule has 2 unspecified atom stereocenters. The Balaban J connectivity index is 1.90. The predicted molar refractivity (Wildman–Crippen MR) is 69.3 cm³/mol. The average molecular weight is 251 g/mol. The smallest absolute Gasteiger partial charge is 0.155 e. The molecule has 1 saturated heterocycles. The van der Waals surface area contributed by atoms with Gasteiger partial charge in [-0.1, -0.05) is 0 Å². The molecule has 92 valence electrons. The van der Waals surface area contributed by atoms with Crippen LogP contribution in [0.3, 0.4) is 0 Å². The Morgan fingerprint density at radius 2 is 2.06 bits per heavy atom. The lowest BCUT2D eigenvalue weighted by Gasteiger charge is -2.08. The summed E-state index contributed by atoms with van der Waals surface area (Å²) in [6.45, 7) is 0. The van der Waals surface area contributed by atoms with E-state index in [2.05, 4.69) is 16.9 Å². The molecule has 1 aliphatic carbocycles. The van der Waals surface area contributed by atoms with Gasteiger partial charge in [-0.3, -0.25) is 9.48 Å². The Hall–Kier alpha value is -0.970. The van der Waals surface area contributed by atoms with E-state index in [1.807, 2.05) is 0 Å². The highest BCUT2D eigenvalue weighted by Crippen LogP contribution is 2.49. The van der Waals surface area contributed by atoms with Gasteiger partial charge in [0.1, 0.15) is 5.82 Å². The second-order valence-electron chi connectivity index (χ2n) is 5.15. The summed E-state index contributed by atoms with van der Waals surface area (Å²) < 4.78 is 1.63. The van der Waals surface area contributed by atoms with Crippen LogP contribution in [0.4, 0.5) is 5.82 Å². The number of anilines is 1. The zero-order chi connectivity index (χ0) is 12.0. The maximum atomic E-state index is 11.1. The number of aldehydes is 1. The van der Waals surface area contributed by atoms with Crippen LogP contribution in [0.5, 0.6) is 0 Å². The molecule has 2 N–H and O–H groups in total. The zero-order valence-corrected chi connectivity index (χ0v) is 10.7. The van der Waals surface area contributed by atoms with Gasteiger partial charge in [-0.05, 0) is 36.2 Å². The number of aryl methyl sites for hydroxylation is 1. The van der Waals surface area contributed by atoms with Gasteiger partial charge in [0.2, 0.25) is 0 Å². The second kappa shape index (κ2) is 4.05. The maximum Gasteiger partial charge on any atom is 0.155 e. The molecule has 2 aliphatic rings. The number of aromatic nitrogens is 2. The maximum absolute atomic E-state index is 11.1. The topological polar surface area (TPSA) is 60.9 Å². The molecule has 1 saturated carbocycles. The Morgan fingerprint density at radius 3 is 2.65 bits per heavy atom. The molecule has 0 amide bonds. The van der Waals surface area contributed by atoms with Gasteiger partial charge in [0, 0.05) is 13.0 Å². The van der Waals surface area contributed by atoms with Gasteiger partial charge in [0.15, 0.2) is 6.29 Å². The minimum Gasteiger partial charge on any atom is -0.383 e. The van der Waals surface area contributed by atoms with Crippen molar-refractivity contribution in [1.82, 2.24) is 9.78 Å². The number of hydrogen-bond acceptors (Lipinski definition) is 4. The monoisotopic (exact) mass is 251 g/mol. The van der Waals surface area contributed by atoms with Crippen LogP contribution in [0, 0.1) is 11.8 Å². The summed E-state index contributed by atoms with van der Waals surface area (Å²) in [5, 5.41) is 4.44. The van der Waals surface area contributed by atoms with E-state index in [-0.39, 0.29) is 0 Å². The van der Waals surface area contributed by atoms with Crippen molar-refractivity contribution in [2.45, 2.75) is 18.8 Å². The molecule has 2 heterocycles. The van der Waals surface area contributed by atoms with Crippen LogP contribution in [-0.2, 0) is 7.05 Å². The third-order valence-electron chi connectivity index (χ3n) is 4.17. The van der Waals surface area contributed by atoms with Gasteiger partial charge in [-0.25, -0.2) is 0 Å². The van der Waals surface area contributed by atoms with Crippen LogP contribution < -0.4 is 5.73 Å². The van der Waals surface area contributed by atoms with E-state index in [0.29, 0.717) is 17.3 Å². The van der Waals surface area contributed by atoms with Gasteiger partial charge in [-0.15, -0.1) is 0 Å². The van der Waals surface area contributed by atoms with Crippen LogP contribution in [0.15, 0.2) is 0 Å². The number of thioether (sulfide) groups is 1. The van der Waals surface area contributed by atoms with E-state index in [9.17, 15) is 4.79 Å². The third kappa shape index (κ3) is 1.68. The minimum atomic E-state index is 0.439. The molecular weight excluding hydrogens is 234 g/mol. The number of nitrogens with two attached hydrogens (primary N) is 1. The van der Waals surface area contributed by atoms with Crippen LogP contribution in [-0.4, -0.2) is 27.6 Å². The van der Waals surface area contributed by atoms with E-state index in [1.54, 1.807) is 11.7 Å². The Morgan fingerprint density at radius 1 is 1.41 bits per heavy atom. The van der Waals surface area contributed by atoms with E-state index in [0.717, 1.165) is 23.8 Å². The van der Waals surface area contributed by atoms with Crippen molar-refractivity contribution in [3.63, 3.8) is 0 Å². The average Bonchev–Trinajstić information content (AvgIpc) is 2.93. The lowest BCUT2D eigenvalue weighted by Crippen LogP contribution is -2.01. The van der Waals surface area contributed by atoms with Crippen LogP contribution in [0.25, 0.3) is 0 Å². The normalized spacial score (nSPS) is 31.7. The molecule has 0 spiro atoms. The van der Waals surface area contributed by atoms with Crippen LogP contribution in [0.2, 0.25) is 0 Å². The molecule has 1 aromatic rings. The van der Waals surface area contributed by atoms with Crippen molar-refractivity contribution in [2.24, 2.45) is 18.9 Å². The highest BCUT2D eigenvalue weighted by atomic mass is 32.2. The Labute approximate surface area is 105 Å². The fraction of sp³-hybridized carbons (Fsp3) is 0.667. The van der Waals surface area contributed by atoms with Crippen molar-refractivity contribution < 1.29 is 4.79 Å². The van der Waals surface area contributed by atoms with Crippen molar-refractivity contribution in [1.29, 1.82) is 0 Å². The molecule has 2 atom stereocenters. The molecule has 2 fully saturated rings. The van der Waals surface area contributed by atoms with Gasteiger partial charge in [0.05, 0.1) is 11.3 Å². The summed E-state index contributed by atoms with van der Waals surface area (Å²) in [6.07, 6.45) is 3.21. The van der Waals surface area contributed by atoms with E-state index in [1.165, 1.54) is 24.3 Å². The van der Waals surface area contributed by atoms with Gasteiger partial charge < -0.3 is 5.73 Å². The SMILES string of the molecule is Cn1nc(C2CC3CSCC3C2)c(C=O)c1N. The van der Waals surface area contributed by atoms with E-state index >= 15 is 0 Å². The van der Waals surface area contributed by atoms with Gasteiger partial charge >= 0.3 is 0 Å². The first-order chi connectivity index (χ1) is 8.20. The summed E-state index contributed by atoms with van der Waals surface area (Å²) in [5.74, 6) is 5.15. The first-order valence-corrected chi connectivity index (χ1v) is 7.21. The summed E-state index contributed by atoms with van der Waals surface area (Å²) in [7, 11) is 1.80. The van der Waals surface area contributed by atoms with Crippen molar-refractivity contribution in [3.05, 3.63) is 11.3 Å². The molecule has 17 heavy (non-hydrogen) atoms. The summed E-state index contributed by atoms with van der Waals surface area (Å²) in [4.78, 5) is 11.1. The quantitative estimate of drug-likeness (QED) is 0.812. The first-order valence-electron chi connectivity index (χ1n) is 6.06. The Bertz CT molecular complexity index is 445. The lowest BCUT2D eigenvalue weighted by molar-refractivity contribution is 0.112. The van der Waals surface area contributed by atoms with E-state index < -0.39 is 0 Å². The number of nitrogen functional groups attached to an aromatic ring is 1. The summed E-state index contributed by atoms with van der Waals surface area (Å²) in [5.41, 5.74) is 7.41. The summed E-state index contributed by atoms with van der Waals surface area (Å²) in [6, 6.07) is 0. The van der Waals surface area contributed by atoms with E-state index in [4.69, 9.17) is 5.73 Å².